The number of amides is 1. The van der Waals surface area contributed by atoms with Crippen molar-refractivity contribution in [1.82, 2.24) is 5.32 Å². The Morgan fingerprint density at radius 2 is 2.07 bits per heavy atom. The van der Waals surface area contributed by atoms with Crippen molar-refractivity contribution in [2.24, 2.45) is 5.73 Å². The smallest absolute Gasteiger partial charge is 0.220 e. The molecule has 0 heterocycles. The van der Waals surface area contributed by atoms with Crippen LogP contribution in [0.5, 0.6) is 0 Å². The molecule has 0 aliphatic heterocycles. The first-order valence-corrected chi connectivity index (χ1v) is 5.35. The Balaban J connectivity index is 0. The molecule has 3 N–H and O–H groups in total. The number of carbonyl (C=O) groups excluding carboxylic acids is 1. The van der Waals surface area contributed by atoms with Gasteiger partial charge >= 0.3 is 0 Å². The zero-order valence-corrected chi connectivity index (χ0v) is 10.3. The SMILES string of the molecule is CCCCOCCNC(=O)CCCN.Cl. The Kier molecular flexibility index (Phi) is 15.6. The Morgan fingerprint density at radius 3 is 2.67 bits per heavy atom. The van der Waals surface area contributed by atoms with E-state index in [0.29, 0.717) is 26.1 Å². The van der Waals surface area contributed by atoms with Crippen LogP contribution in [0.3, 0.4) is 0 Å². The second-order valence-electron chi connectivity index (χ2n) is 3.21. The van der Waals surface area contributed by atoms with E-state index >= 15 is 0 Å². The quantitative estimate of drug-likeness (QED) is 0.591. The molecule has 0 aromatic heterocycles. The zero-order valence-electron chi connectivity index (χ0n) is 9.46. The minimum Gasteiger partial charge on any atom is -0.380 e. The molecule has 1 amide bonds. The summed E-state index contributed by atoms with van der Waals surface area (Å²) in [5, 5.41) is 2.77. The Morgan fingerprint density at radius 1 is 1.33 bits per heavy atom. The summed E-state index contributed by atoms with van der Waals surface area (Å²) in [5.74, 6) is 0.0644. The average Bonchev–Trinajstić information content (AvgIpc) is 2.20. The van der Waals surface area contributed by atoms with E-state index < -0.39 is 0 Å². The van der Waals surface area contributed by atoms with Gasteiger partial charge in [0.2, 0.25) is 5.91 Å². The highest BCUT2D eigenvalue weighted by Crippen LogP contribution is 1.87. The lowest BCUT2D eigenvalue weighted by Gasteiger charge is -2.05. The molecule has 0 saturated heterocycles. The van der Waals surface area contributed by atoms with Crippen LogP contribution in [0.4, 0.5) is 0 Å². The van der Waals surface area contributed by atoms with E-state index in [-0.39, 0.29) is 18.3 Å². The van der Waals surface area contributed by atoms with Crippen LogP contribution in [0.15, 0.2) is 0 Å². The lowest BCUT2D eigenvalue weighted by Crippen LogP contribution is -2.27. The van der Waals surface area contributed by atoms with Crippen LogP contribution in [0.25, 0.3) is 0 Å². The fourth-order valence-corrected chi connectivity index (χ4v) is 0.962. The zero-order chi connectivity index (χ0) is 10.6. The van der Waals surface area contributed by atoms with Gasteiger partial charge in [-0.2, -0.15) is 0 Å². The minimum atomic E-state index is 0. The predicted molar refractivity (Wildman–Crippen MR) is 64.3 cm³/mol. The normalized spacial score (nSPS) is 9.47. The van der Waals surface area contributed by atoms with E-state index in [1.54, 1.807) is 0 Å². The molecule has 0 bridgehead atoms. The van der Waals surface area contributed by atoms with Crippen LogP contribution in [0.2, 0.25) is 0 Å². The van der Waals surface area contributed by atoms with Crippen LogP contribution in [0, 0.1) is 0 Å². The van der Waals surface area contributed by atoms with Crippen LogP contribution in [-0.2, 0) is 9.53 Å². The van der Waals surface area contributed by atoms with Crippen LogP contribution in [0.1, 0.15) is 32.6 Å². The van der Waals surface area contributed by atoms with Crippen molar-refractivity contribution in [3.8, 4) is 0 Å². The first-order chi connectivity index (χ1) is 6.81. The summed E-state index contributed by atoms with van der Waals surface area (Å²) < 4.78 is 5.29. The molecule has 5 heteroatoms. The summed E-state index contributed by atoms with van der Waals surface area (Å²) in [6.07, 6.45) is 3.50. The molecule has 0 spiro atoms. The largest absolute Gasteiger partial charge is 0.380 e. The summed E-state index contributed by atoms with van der Waals surface area (Å²) in [4.78, 5) is 11.1. The molecule has 0 atom stereocenters. The molecule has 0 aliphatic rings. The third-order valence-electron chi connectivity index (χ3n) is 1.82. The third kappa shape index (κ3) is 13.7. The number of nitrogens with one attached hydrogen (secondary N) is 1. The number of hydrogen-bond acceptors (Lipinski definition) is 3. The molecule has 0 rings (SSSR count). The van der Waals surface area contributed by atoms with Crippen LogP contribution < -0.4 is 11.1 Å². The molecule has 0 fully saturated rings. The van der Waals surface area contributed by atoms with Crippen molar-refractivity contribution in [2.75, 3.05) is 26.3 Å². The molecular formula is C10H23ClN2O2. The van der Waals surface area contributed by atoms with Gasteiger partial charge in [0.25, 0.3) is 0 Å². The van der Waals surface area contributed by atoms with E-state index in [0.717, 1.165) is 25.9 Å². The second kappa shape index (κ2) is 13.7. The molecule has 0 aromatic rings. The Labute approximate surface area is 98.3 Å². The molecule has 0 radical (unpaired) electrons. The Bertz CT molecular complexity index is 145. The van der Waals surface area contributed by atoms with Gasteiger partial charge in [-0.25, -0.2) is 0 Å². The standard InChI is InChI=1S/C10H22N2O2.ClH/c1-2-3-8-14-9-7-12-10(13)5-4-6-11;/h2-9,11H2,1H3,(H,12,13);1H. The summed E-state index contributed by atoms with van der Waals surface area (Å²) in [6.45, 7) is 4.69. The molecule has 0 unspecified atom stereocenters. The topological polar surface area (TPSA) is 64.3 Å². The molecule has 0 aliphatic carbocycles. The van der Waals surface area contributed by atoms with Gasteiger partial charge in [0, 0.05) is 19.6 Å². The maximum Gasteiger partial charge on any atom is 0.220 e. The molecule has 0 saturated carbocycles. The lowest BCUT2D eigenvalue weighted by molar-refractivity contribution is -0.121. The van der Waals surface area contributed by atoms with Gasteiger partial charge in [-0.1, -0.05) is 13.3 Å². The molecule has 15 heavy (non-hydrogen) atoms. The van der Waals surface area contributed by atoms with E-state index in [1.165, 1.54) is 0 Å². The van der Waals surface area contributed by atoms with E-state index in [1.807, 2.05) is 0 Å². The molecule has 0 aromatic carbocycles. The fraction of sp³-hybridized carbons (Fsp3) is 0.900. The van der Waals surface area contributed by atoms with Gasteiger partial charge < -0.3 is 15.8 Å². The van der Waals surface area contributed by atoms with E-state index in [4.69, 9.17) is 10.5 Å². The Hall–Kier alpha value is -0.320. The van der Waals surface area contributed by atoms with Crippen molar-refractivity contribution in [3.05, 3.63) is 0 Å². The highest BCUT2D eigenvalue weighted by molar-refractivity contribution is 5.85. The number of nitrogens with two attached hydrogens (primary N) is 1. The summed E-state index contributed by atoms with van der Waals surface area (Å²) in [6, 6.07) is 0. The summed E-state index contributed by atoms with van der Waals surface area (Å²) >= 11 is 0. The fourth-order valence-electron chi connectivity index (χ4n) is 0.962. The number of unbranched alkanes of at least 4 members (excludes halogenated alkanes) is 1. The third-order valence-corrected chi connectivity index (χ3v) is 1.82. The van der Waals surface area contributed by atoms with Crippen LogP contribution in [-0.4, -0.2) is 32.2 Å². The van der Waals surface area contributed by atoms with E-state index in [2.05, 4.69) is 12.2 Å². The van der Waals surface area contributed by atoms with Crippen molar-refractivity contribution < 1.29 is 9.53 Å². The van der Waals surface area contributed by atoms with Crippen LogP contribution >= 0.6 is 12.4 Å². The first-order valence-electron chi connectivity index (χ1n) is 5.35. The number of ether oxygens (including phenoxy) is 1. The van der Waals surface area contributed by atoms with Crippen molar-refractivity contribution in [3.63, 3.8) is 0 Å². The van der Waals surface area contributed by atoms with Gasteiger partial charge in [-0.15, -0.1) is 12.4 Å². The van der Waals surface area contributed by atoms with Gasteiger partial charge in [0.1, 0.15) is 0 Å². The number of rotatable bonds is 9. The van der Waals surface area contributed by atoms with Gasteiger partial charge in [0.15, 0.2) is 0 Å². The molecule has 4 nitrogen and oxygen atoms in total. The summed E-state index contributed by atoms with van der Waals surface area (Å²) in [5.41, 5.74) is 5.28. The molecular weight excluding hydrogens is 216 g/mol. The highest BCUT2D eigenvalue weighted by atomic mass is 35.5. The van der Waals surface area contributed by atoms with E-state index in [9.17, 15) is 4.79 Å². The summed E-state index contributed by atoms with van der Waals surface area (Å²) in [7, 11) is 0. The van der Waals surface area contributed by atoms with Crippen molar-refractivity contribution in [2.45, 2.75) is 32.6 Å². The van der Waals surface area contributed by atoms with Gasteiger partial charge in [-0.05, 0) is 19.4 Å². The predicted octanol–water partition coefficient (Wildman–Crippen LogP) is 1.08. The maximum absolute atomic E-state index is 11.1. The minimum absolute atomic E-state index is 0. The van der Waals surface area contributed by atoms with Gasteiger partial charge in [-0.3, -0.25) is 4.79 Å². The average molecular weight is 239 g/mol. The van der Waals surface area contributed by atoms with Crippen molar-refractivity contribution >= 4 is 18.3 Å². The monoisotopic (exact) mass is 238 g/mol. The highest BCUT2D eigenvalue weighted by Gasteiger charge is 1.98. The number of hydrogen-bond donors (Lipinski definition) is 2. The first kappa shape index (κ1) is 17.1. The second-order valence-corrected chi connectivity index (χ2v) is 3.21. The number of carbonyl (C=O) groups is 1. The maximum atomic E-state index is 11.1. The van der Waals surface area contributed by atoms with Gasteiger partial charge in [0.05, 0.1) is 6.61 Å². The molecule has 92 valence electrons. The number of halogens is 1. The lowest BCUT2D eigenvalue weighted by atomic mass is 10.3. The van der Waals surface area contributed by atoms with Crippen molar-refractivity contribution in [1.29, 1.82) is 0 Å².